The van der Waals surface area contributed by atoms with E-state index in [9.17, 15) is 4.39 Å². The van der Waals surface area contributed by atoms with Gasteiger partial charge in [-0.1, -0.05) is 0 Å². The monoisotopic (exact) mass is 311 g/mol. The Morgan fingerprint density at radius 2 is 2.05 bits per heavy atom. The van der Waals surface area contributed by atoms with Crippen LogP contribution in [0.4, 0.5) is 4.39 Å². The predicted molar refractivity (Wildman–Crippen MR) is 71.4 cm³/mol. The van der Waals surface area contributed by atoms with Crippen molar-refractivity contribution in [1.82, 2.24) is 24.7 Å². The van der Waals surface area contributed by atoms with Crippen molar-refractivity contribution in [2.24, 2.45) is 0 Å². The molecule has 0 unspecified atom stereocenters. The minimum absolute atomic E-state index is 0.0359. The largest absolute Gasteiger partial charge is 0.302 e. The molecule has 0 amide bonds. The molecule has 0 bridgehead atoms. The molecule has 8 heteroatoms. The highest BCUT2D eigenvalue weighted by atomic mass is 35.5. The fraction of sp³-hybridized carbons (Fsp3) is 0.500. The highest BCUT2D eigenvalue weighted by Gasteiger charge is 2.36. The molecule has 5 nitrogen and oxygen atoms in total. The number of hydrogen-bond donors (Lipinski definition) is 0. The first-order chi connectivity index (χ1) is 9.72. The summed E-state index contributed by atoms with van der Waals surface area (Å²) in [4.78, 5) is 7.54. The van der Waals surface area contributed by atoms with Crippen LogP contribution in [0.15, 0.2) is 16.4 Å². The summed E-state index contributed by atoms with van der Waals surface area (Å²) in [6.45, 7) is 0. The molecule has 4 rings (SSSR count). The minimum atomic E-state index is -0.488. The zero-order valence-electron chi connectivity index (χ0n) is 10.5. The highest BCUT2D eigenvalue weighted by Crippen LogP contribution is 2.46. The topological polar surface area (TPSA) is 56.5 Å². The van der Waals surface area contributed by atoms with Gasteiger partial charge in [0.05, 0.1) is 6.20 Å². The molecule has 2 saturated carbocycles. The quantitative estimate of drug-likeness (QED) is 0.641. The van der Waals surface area contributed by atoms with E-state index >= 15 is 0 Å². The molecule has 2 aromatic rings. The molecule has 2 aliphatic carbocycles. The Labute approximate surface area is 124 Å². The minimum Gasteiger partial charge on any atom is -0.302 e. The highest BCUT2D eigenvalue weighted by molar-refractivity contribution is 7.99. The van der Waals surface area contributed by atoms with Gasteiger partial charge in [0.2, 0.25) is 5.28 Å². The second-order valence-electron chi connectivity index (χ2n) is 5.11. The van der Waals surface area contributed by atoms with Gasteiger partial charge >= 0.3 is 0 Å². The summed E-state index contributed by atoms with van der Waals surface area (Å²) in [6, 6.07) is 0.462. The zero-order valence-corrected chi connectivity index (χ0v) is 12.0. The van der Waals surface area contributed by atoms with E-state index in [-0.39, 0.29) is 10.3 Å². The van der Waals surface area contributed by atoms with Gasteiger partial charge in [-0.3, -0.25) is 0 Å². The van der Waals surface area contributed by atoms with Crippen LogP contribution in [0.25, 0.3) is 0 Å². The molecule has 0 aliphatic heterocycles. The maximum atomic E-state index is 13.7. The first-order valence-electron chi connectivity index (χ1n) is 6.53. The van der Waals surface area contributed by atoms with Crippen molar-refractivity contribution in [2.75, 3.05) is 0 Å². The molecule has 2 aromatic heterocycles. The normalized spacial score (nSPS) is 18.5. The molecular weight excluding hydrogens is 301 g/mol. The SMILES string of the molecule is Fc1cnc(Cl)nc1Sc1nnc(C2CC2)n1C1CC1. The van der Waals surface area contributed by atoms with Crippen LogP contribution in [0.2, 0.25) is 5.28 Å². The lowest BCUT2D eigenvalue weighted by atomic mass is 10.4. The molecule has 0 radical (unpaired) electrons. The van der Waals surface area contributed by atoms with Crippen LogP contribution in [-0.2, 0) is 0 Å². The lowest BCUT2D eigenvalue weighted by Gasteiger charge is -2.07. The summed E-state index contributed by atoms with van der Waals surface area (Å²) in [7, 11) is 0. The van der Waals surface area contributed by atoms with Crippen LogP contribution in [0, 0.1) is 5.82 Å². The second-order valence-corrected chi connectivity index (χ2v) is 6.40. The fourth-order valence-corrected chi connectivity index (χ4v) is 3.20. The van der Waals surface area contributed by atoms with E-state index in [4.69, 9.17) is 11.6 Å². The van der Waals surface area contributed by atoms with Crippen molar-refractivity contribution < 1.29 is 4.39 Å². The van der Waals surface area contributed by atoms with E-state index in [1.807, 2.05) is 0 Å². The van der Waals surface area contributed by atoms with E-state index < -0.39 is 5.82 Å². The lowest BCUT2D eigenvalue weighted by Crippen LogP contribution is -2.02. The molecular formula is C12H11ClFN5S. The Balaban J connectivity index is 1.70. The number of hydrogen-bond acceptors (Lipinski definition) is 5. The number of aromatic nitrogens is 5. The van der Waals surface area contributed by atoms with Gasteiger partial charge in [0.25, 0.3) is 0 Å². The van der Waals surface area contributed by atoms with Crippen molar-refractivity contribution in [3.05, 3.63) is 23.1 Å². The van der Waals surface area contributed by atoms with E-state index in [0.717, 1.165) is 24.9 Å². The summed E-state index contributed by atoms with van der Waals surface area (Å²) in [6.07, 6.45) is 5.69. The smallest absolute Gasteiger partial charge is 0.223 e. The van der Waals surface area contributed by atoms with Crippen LogP contribution in [0.5, 0.6) is 0 Å². The summed E-state index contributed by atoms with van der Waals surface area (Å²) < 4.78 is 15.9. The third-order valence-electron chi connectivity index (χ3n) is 3.42. The van der Waals surface area contributed by atoms with Gasteiger partial charge in [-0.2, -0.15) is 0 Å². The van der Waals surface area contributed by atoms with Gasteiger partial charge in [-0.25, -0.2) is 14.4 Å². The summed E-state index contributed by atoms with van der Waals surface area (Å²) in [5.41, 5.74) is 0. The van der Waals surface area contributed by atoms with Gasteiger partial charge in [0, 0.05) is 12.0 Å². The van der Waals surface area contributed by atoms with Crippen molar-refractivity contribution in [3.63, 3.8) is 0 Å². The first-order valence-corrected chi connectivity index (χ1v) is 7.72. The zero-order chi connectivity index (χ0) is 13.7. The van der Waals surface area contributed by atoms with Crippen molar-refractivity contribution in [3.8, 4) is 0 Å². The van der Waals surface area contributed by atoms with E-state index in [1.54, 1.807) is 0 Å². The molecule has 2 fully saturated rings. The molecule has 2 heterocycles. The van der Waals surface area contributed by atoms with Crippen LogP contribution in [0.3, 0.4) is 0 Å². The first kappa shape index (κ1) is 12.5. The molecule has 2 aliphatic rings. The van der Waals surface area contributed by atoms with E-state index in [2.05, 4.69) is 24.7 Å². The number of rotatable bonds is 4. The Hall–Kier alpha value is -1.21. The molecule has 104 valence electrons. The Bertz CT molecular complexity index is 668. The Morgan fingerprint density at radius 1 is 1.25 bits per heavy atom. The van der Waals surface area contributed by atoms with Gasteiger partial charge in [0.1, 0.15) is 10.9 Å². The van der Waals surface area contributed by atoms with Crippen molar-refractivity contribution in [2.45, 2.75) is 47.8 Å². The third kappa shape index (κ3) is 2.29. The average Bonchev–Trinajstić information content (AvgIpc) is 3.33. The predicted octanol–water partition coefficient (Wildman–Crippen LogP) is 3.22. The Kier molecular flexibility index (Phi) is 2.92. The van der Waals surface area contributed by atoms with Gasteiger partial charge in [0.15, 0.2) is 11.0 Å². The third-order valence-corrected chi connectivity index (χ3v) is 4.54. The molecule has 0 atom stereocenters. The lowest BCUT2D eigenvalue weighted by molar-refractivity contribution is 0.576. The molecule has 0 aromatic carbocycles. The Morgan fingerprint density at radius 3 is 2.75 bits per heavy atom. The van der Waals surface area contributed by atoms with E-state index in [0.29, 0.717) is 17.1 Å². The number of nitrogens with zero attached hydrogens (tertiary/aromatic N) is 5. The average molecular weight is 312 g/mol. The summed E-state index contributed by atoms with van der Waals surface area (Å²) in [5.74, 6) is 1.07. The summed E-state index contributed by atoms with van der Waals surface area (Å²) >= 11 is 6.89. The maximum Gasteiger partial charge on any atom is 0.223 e. The fourth-order valence-electron chi connectivity index (χ4n) is 2.14. The van der Waals surface area contributed by atoms with Crippen molar-refractivity contribution >= 4 is 23.4 Å². The van der Waals surface area contributed by atoms with Crippen LogP contribution in [0.1, 0.15) is 43.5 Å². The van der Waals surface area contributed by atoms with Gasteiger partial charge in [-0.05, 0) is 49.0 Å². The second kappa shape index (κ2) is 4.66. The molecule has 0 saturated heterocycles. The van der Waals surface area contributed by atoms with Gasteiger partial charge in [-0.15, -0.1) is 10.2 Å². The van der Waals surface area contributed by atoms with Gasteiger partial charge < -0.3 is 4.57 Å². The standard InChI is InChI=1S/C12H11ClFN5S/c13-11-15-5-8(14)10(16-11)20-12-18-17-9(6-1-2-6)19(12)7-3-4-7/h5-7H,1-4H2. The van der Waals surface area contributed by atoms with E-state index in [1.165, 1.54) is 24.6 Å². The molecule has 20 heavy (non-hydrogen) atoms. The van der Waals surface area contributed by atoms with Crippen LogP contribution < -0.4 is 0 Å². The summed E-state index contributed by atoms with van der Waals surface area (Å²) in [5, 5.41) is 9.42. The molecule has 0 spiro atoms. The van der Waals surface area contributed by atoms with Crippen molar-refractivity contribution in [1.29, 1.82) is 0 Å². The maximum absolute atomic E-state index is 13.7. The molecule has 0 N–H and O–H groups in total. The van der Waals surface area contributed by atoms with Crippen LogP contribution >= 0.6 is 23.4 Å². The van der Waals surface area contributed by atoms with Crippen LogP contribution in [-0.4, -0.2) is 24.7 Å². The number of halogens is 2.